The van der Waals surface area contributed by atoms with Gasteiger partial charge in [-0.3, -0.25) is 29.4 Å². The Morgan fingerprint density at radius 1 is 1.02 bits per heavy atom. The van der Waals surface area contributed by atoms with Gasteiger partial charge in [-0.15, -0.1) is 0 Å². The number of nitro groups is 1. The molecule has 0 fully saturated rings. The molecule has 1 aliphatic rings. The fourth-order valence-electron chi connectivity index (χ4n) is 5.20. The number of ether oxygens (including phenoxy) is 1. The normalized spacial score (nSPS) is 14.1. The van der Waals surface area contributed by atoms with Crippen LogP contribution in [0.15, 0.2) is 150 Å². The van der Waals surface area contributed by atoms with E-state index in [2.05, 4.69) is 39.5 Å². The standard InChI is InChI=1S/C40H33IN4O6S/c1-3-5-18-31(4-2)44-39(48)33(23-27-20-21-35(34(41)24-27)51-25-28-13-12-19-32(22-28)45(49)50)38(47)43-40(44)52-26-36(46)42-37(29-14-8-6-9-15-29)30-16-10-7-11-17-30/h3-24,37H,1,25-26H2,2H3,(H,42,46)/b18-5-,31-4+,33-23+. The van der Waals surface area contributed by atoms with Crippen LogP contribution in [-0.4, -0.2) is 38.5 Å². The second kappa shape index (κ2) is 18.1. The quantitative estimate of drug-likeness (QED) is 0.0360. The van der Waals surface area contributed by atoms with E-state index >= 15 is 0 Å². The third kappa shape index (κ3) is 9.59. The maximum Gasteiger partial charge on any atom is 0.285 e. The smallest absolute Gasteiger partial charge is 0.285 e. The van der Waals surface area contributed by atoms with Crippen molar-refractivity contribution in [3.8, 4) is 5.75 Å². The van der Waals surface area contributed by atoms with Gasteiger partial charge in [0.25, 0.3) is 17.5 Å². The van der Waals surface area contributed by atoms with Crippen molar-refractivity contribution in [3.05, 3.63) is 181 Å². The summed E-state index contributed by atoms with van der Waals surface area (Å²) >= 11 is 3.07. The Hall–Kier alpha value is -5.60. The van der Waals surface area contributed by atoms with Gasteiger partial charge in [0.2, 0.25) is 5.91 Å². The number of carbonyl (C=O) groups is 3. The van der Waals surface area contributed by atoms with E-state index in [1.54, 1.807) is 61.6 Å². The predicted molar refractivity (Wildman–Crippen MR) is 212 cm³/mol. The monoisotopic (exact) mass is 824 g/mol. The van der Waals surface area contributed by atoms with Crippen molar-refractivity contribution in [2.75, 3.05) is 5.75 Å². The number of rotatable bonds is 13. The average molecular weight is 825 g/mol. The second-order valence-electron chi connectivity index (χ2n) is 11.2. The van der Waals surface area contributed by atoms with Crippen LogP contribution in [0, 0.1) is 13.7 Å². The molecule has 0 atom stereocenters. The first-order chi connectivity index (χ1) is 25.2. The summed E-state index contributed by atoms with van der Waals surface area (Å²) in [6.07, 6.45) is 8.08. The molecule has 1 N–H and O–H groups in total. The Kier molecular flexibility index (Phi) is 13.1. The van der Waals surface area contributed by atoms with Gasteiger partial charge in [-0.05, 0) is 76.1 Å². The molecule has 262 valence electrons. The van der Waals surface area contributed by atoms with Crippen LogP contribution in [0.4, 0.5) is 5.69 Å². The lowest BCUT2D eigenvalue weighted by Crippen LogP contribution is -2.42. The number of non-ortho nitro benzene ring substituents is 1. The van der Waals surface area contributed by atoms with Crippen LogP contribution in [0.2, 0.25) is 0 Å². The highest BCUT2D eigenvalue weighted by atomic mass is 127. The van der Waals surface area contributed by atoms with Crippen molar-refractivity contribution >= 4 is 69.0 Å². The molecule has 4 aromatic rings. The highest BCUT2D eigenvalue weighted by Gasteiger charge is 2.35. The summed E-state index contributed by atoms with van der Waals surface area (Å²) in [6.45, 7) is 5.58. The minimum atomic E-state index is -0.736. The number of aliphatic imine (C=N–C) groups is 1. The van der Waals surface area contributed by atoms with Crippen LogP contribution in [0.25, 0.3) is 6.08 Å². The van der Waals surface area contributed by atoms with Crippen LogP contribution in [0.1, 0.15) is 35.2 Å². The molecular formula is C40H33IN4O6S. The number of nitro benzene ring substituents is 1. The van der Waals surface area contributed by atoms with Crippen molar-refractivity contribution in [3.63, 3.8) is 0 Å². The number of hydrogen-bond donors (Lipinski definition) is 1. The van der Waals surface area contributed by atoms with Gasteiger partial charge in [-0.2, -0.15) is 4.99 Å². The Morgan fingerprint density at radius 3 is 2.33 bits per heavy atom. The second-order valence-corrected chi connectivity index (χ2v) is 13.3. The van der Waals surface area contributed by atoms with E-state index in [9.17, 15) is 24.5 Å². The number of nitrogens with zero attached hydrogens (tertiary/aromatic N) is 3. The van der Waals surface area contributed by atoms with Crippen molar-refractivity contribution in [1.29, 1.82) is 0 Å². The number of thioether (sulfide) groups is 1. The first kappa shape index (κ1) is 37.7. The highest BCUT2D eigenvalue weighted by Crippen LogP contribution is 2.29. The number of allylic oxidation sites excluding steroid dienone is 4. The molecule has 10 nitrogen and oxygen atoms in total. The molecule has 0 aromatic heterocycles. The van der Waals surface area contributed by atoms with Gasteiger partial charge < -0.3 is 10.1 Å². The summed E-state index contributed by atoms with van der Waals surface area (Å²) in [5.74, 6) is -1.22. The van der Waals surface area contributed by atoms with Gasteiger partial charge >= 0.3 is 0 Å². The fourth-order valence-corrected chi connectivity index (χ4v) is 6.71. The molecule has 1 heterocycles. The lowest BCUT2D eigenvalue weighted by atomic mass is 9.99. The molecule has 0 saturated carbocycles. The summed E-state index contributed by atoms with van der Waals surface area (Å²) in [4.78, 5) is 57.1. The van der Waals surface area contributed by atoms with Crippen LogP contribution in [-0.2, 0) is 21.0 Å². The van der Waals surface area contributed by atoms with Crippen molar-refractivity contribution in [2.45, 2.75) is 19.6 Å². The van der Waals surface area contributed by atoms with E-state index in [1.807, 2.05) is 60.7 Å². The van der Waals surface area contributed by atoms with E-state index in [1.165, 1.54) is 23.1 Å². The number of nitrogens with one attached hydrogen (secondary N) is 1. The number of carbonyl (C=O) groups excluding carboxylic acids is 3. The van der Waals surface area contributed by atoms with Crippen LogP contribution >= 0.6 is 34.4 Å². The molecule has 0 unspecified atom stereocenters. The zero-order valence-corrected chi connectivity index (χ0v) is 31.0. The van der Waals surface area contributed by atoms with E-state index in [4.69, 9.17) is 4.74 Å². The summed E-state index contributed by atoms with van der Waals surface area (Å²) in [7, 11) is 0. The minimum absolute atomic E-state index is 0.0260. The summed E-state index contributed by atoms with van der Waals surface area (Å²) < 4.78 is 6.60. The van der Waals surface area contributed by atoms with Crippen molar-refractivity contribution in [2.24, 2.45) is 4.99 Å². The summed E-state index contributed by atoms with van der Waals surface area (Å²) in [6, 6.07) is 30.2. The molecule has 0 saturated heterocycles. The van der Waals surface area contributed by atoms with Crippen LogP contribution < -0.4 is 10.1 Å². The lowest BCUT2D eigenvalue weighted by Gasteiger charge is -2.28. The first-order valence-electron chi connectivity index (χ1n) is 16.0. The van der Waals surface area contributed by atoms with Gasteiger partial charge in [0.05, 0.1) is 20.3 Å². The van der Waals surface area contributed by atoms with Crippen LogP contribution in [0.3, 0.4) is 0 Å². The topological polar surface area (TPSA) is 131 Å². The van der Waals surface area contributed by atoms with Gasteiger partial charge in [0.1, 0.15) is 17.9 Å². The van der Waals surface area contributed by atoms with E-state index in [-0.39, 0.29) is 34.7 Å². The molecule has 0 radical (unpaired) electrons. The molecule has 5 rings (SSSR count). The number of benzene rings is 4. The molecule has 0 aliphatic carbocycles. The SMILES string of the molecule is C=C/C=C\C(=C/C)N1C(=O)/C(=C/c2ccc(OCc3cccc([N+](=O)[O-])c3)c(I)c2)C(=O)N=C1SCC(=O)NC(c1ccccc1)c1ccccc1. The molecule has 4 aromatic carbocycles. The third-order valence-corrected chi connectivity index (χ3v) is 9.48. The summed E-state index contributed by atoms with van der Waals surface area (Å²) in [5, 5.41) is 14.3. The zero-order valence-electron chi connectivity index (χ0n) is 28.0. The number of hydrogen-bond acceptors (Lipinski definition) is 7. The number of amidine groups is 1. The van der Waals surface area contributed by atoms with Crippen molar-refractivity contribution in [1.82, 2.24) is 10.2 Å². The third-order valence-electron chi connectivity index (χ3n) is 7.70. The van der Waals surface area contributed by atoms with Gasteiger partial charge in [-0.1, -0.05) is 115 Å². The first-order valence-corrected chi connectivity index (χ1v) is 18.1. The van der Waals surface area contributed by atoms with Crippen LogP contribution in [0.5, 0.6) is 5.75 Å². The van der Waals surface area contributed by atoms with Crippen molar-refractivity contribution < 1.29 is 24.0 Å². The molecule has 1 aliphatic heterocycles. The average Bonchev–Trinajstić information content (AvgIpc) is 3.16. The van der Waals surface area contributed by atoms with E-state index in [0.29, 0.717) is 26.1 Å². The minimum Gasteiger partial charge on any atom is -0.488 e. The van der Waals surface area contributed by atoms with Gasteiger partial charge in [0.15, 0.2) is 5.17 Å². The molecule has 12 heteroatoms. The molecule has 52 heavy (non-hydrogen) atoms. The van der Waals surface area contributed by atoms with Gasteiger partial charge in [0, 0.05) is 17.8 Å². The van der Waals surface area contributed by atoms with E-state index in [0.717, 1.165) is 22.9 Å². The largest absolute Gasteiger partial charge is 0.488 e. The Morgan fingerprint density at radius 2 is 1.71 bits per heavy atom. The Balaban J connectivity index is 1.36. The number of halogens is 1. The maximum atomic E-state index is 14.1. The lowest BCUT2D eigenvalue weighted by molar-refractivity contribution is -0.384. The molecule has 0 spiro atoms. The Labute approximate surface area is 319 Å². The predicted octanol–water partition coefficient (Wildman–Crippen LogP) is 8.17. The molecule has 0 bridgehead atoms. The summed E-state index contributed by atoms with van der Waals surface area (Å²) in [5.41, 5.74) is 3.28. The van der Waals surface area contributed by atoms with Gasteiger partial charge in [-0.25, -0.2) is 0 Å². The Bertz CT molecular complexity index is 2080. The fraction of sp³-hybridized carbons (Fsp3) is 0.100. The molecular weight excluding hydrogens is 791 g/mol. The zero-order chi connectivity index (χ0) is 37.0. The van der Waals surface area contributed by atoms with E-state index < -0.39 is 22.8 Å². The maximum absolute atomic E-state index is 14.1. The number of amides is 3. The molecule has 3 amide bonds. The highest BCUT2D eigenvalue weighted by molar-refractivity contribution is 14.1.